The molecule has 2 nitrogen and oxygen atoms in total. The topological polar surface area (TPSA) is 27.0 Å². The Bertz CT molecular complexity index is 330. The van der Waals surface area contributed by atoms with Crippen molar-refractivity contribution in [2.45, 2.75) is 6.42 Å². The van der Waals surface area contributed by atoms with Gasteiger partial charge in [-0.25, -0.2) is 0 Å². The van der Waals surface area contributed by atoms with Crippen LogP contribution in [-0.4, -0.2) is 25.0 Å². The zero-order chi connectivity index (χ0) is 10.4. The average Bonchev–Trinajstić information content (AvgIpc) is 2.17. The molecule has 3 heteroatoms. The number of halogens is 1. The Morgan fingerprint density at radius 1 is 1.43 bits per heavy atom. The molecule has 0 saturated carbocycles. The van der Waals surface area contributed by atoms with Crippen LogP contribution in [0.1, 0.15) is 5.56 Å². The Morgan fingerprint density at radius 2 is 2.14 bits per heavy atom. The monoisotopic (exact) mass is 252 g/mol. The van der Waals surface area contributed by atoms with Gasteiger partial charge >= 0.3 is 0 Å². The molecule has 0 amide bonds. The second-order valence-electron chi connectivity index (χ2n) is 3.24. The minimum absolute atomic E-state index is 0.491. The lowest BCUT2D eigenvalue weighted by Crippen LogP contribution is -2.21. The van der Waals surface area contributed by atoms with Gasteiger partial charge in [0.1, 0.15) is 0 Å². The predicted octanol–water partition coefficient (Wildman–Crippen LogP) is 2.45. The first-order valence-corrected chi connectivity index (χ1v) is 5.32. The third kappa shape index (κ3) is 3.49. The minimum atomic E-state index is 0.491. The molecule has 0 saturated heterocycles. The minimum Gasteiger partial charge on any atom is -0.293 e. The molecule has 74 valence electrons. The van der Waals surface area contributed by atoms with Gasteiger partial charge in [-0.15, -0.1) is 0 Å². The molecule has 0 heterocycles. The van der Waals surface area contributed by atoms with Crippen molar-refractivity contribution < 1.29 is 0 Å². The zero-order valence-corrected chi connectivity index (χ0v) is 9.79. The summed E-state index contributed by atoms with van der Waals surface area (Å²) in [6, 6.07) is 10.3. The van der Waals surface area contributed by atoms with Crippen molar-refractivity contribution in [2.75, 3.05) is 20.1 Å². The van der Waals surface area contributed by atoms with Crippen molar-refractivity contribution in [1.82, 2.24) is 4.90 Å². The fourth-order valence-corrected chi connectivity index (χ4v) is 1.70. The molecule has 1 aromatic rings. The van der Waals surface area contributed by atoms with E-state index in [0.717, 1.165) is 17.4 Å². The highest BCUT2D eigenvalue weighted by atomic mass is 79.9. The van der Waals surface area contributed by atoms with Crippen LogP contribution in [0.4, 0.5) is 0 Å². The van der Waals surface area contributed by atoms with Crippen molar-refractivity contribution in [3.8, 4) is 6.07 Å². The number of likely N-dealkylation sites (N-methyl/N-ethyl adjacent to an activating group) is 1. The fourth-order valence-electron chi connectivity index (χ4n) is 1.21. The van der Waals surface area contributed by atoms with Gasteiger partial charge in [0.15, 0.2) is 0 Å². The molecule has 0 aromatic heterocycles. The highest BCUT2D eigenvalue weighted by Crippen LogP contribution is 2.16. The van der Waals surface area contributed by atoms with E-state index >= 15 is 0 Å². The van der Waals surface area contributed by atoms with Crippen LogP contribution in [0.25, 0.3) is 0 Å². The maximum absolute atomic E-state index is 8.49. The number of rotatable bonds is 4. The number of hydrogen-bond donors (Lipinski definition) is 0. The molecule has 0 radical (unpaired) electrons. The molecule has 0 aliphatic heterocycles. The van der Waals surface area contributed by atoms with Crippen LogP contribution >= 0.6 is 15.9 Å². The van der Waals surface area contributed by atoms with Gasteiger partial charge in [-0.2, -0.15) is 5.26 Å². The Labute approximate surface area is 93.3 Å². The molecule has 0 bridgehead atoms. The van der Waals surface area contributed by atoms with Crippen LogP contribution in [0.3, 0.4) is 0 Å². The first-order valence-electron chi connectivity index (χ1n) is 4.53. The molecule has 0 aliphatic carbocycles. The molecule has 0 aliphatic rings. The van der Waals surface area contributed by atoms with Gasteiger partial charge < -0.3 is 0 Å². The van der Waals surface area contributed by atoms with Crippen LogP contribution in [-0.2, 0) is 6.42 Å². The Kier molecular flexibility index (Phi) is 4.64. The average molecular weight is 253 g/mol. The summed E-state index contributed by atoms with van der Waals surface area (Å²) in [5, 5.41) is 8.49. The molecular weight excluding hydrogens is 240 g/mol. The number of nitrogens with zero attached hydrogens (tertiary/aromatic N) is 2. The van der Waals surface area contributed by atoms with Crippen molar-refractivity contribution in [2.24, 2.45) is 0 Å². The van der Waals surface area contributed by atoms with Crippen molar-refractivity contribution >= 4 is 15.9 Å². The van der Waals surface area contributed by atoms with Gasteiger partial charge in [0.25, 0.3) is 0 Å². The van der Waals surface area contributed by atoms with E-state index in [1.54, 1.807) is 0 Å². The fraction of sp³-hybridized carbons (Fsp3) is 0.364. The van der Waals surface area contributed by atoms with E-state index in [2.05, 4.69) is 28.1 Å². The largest absolute Gasteiger partial charge is 0.293 e. The van der Waals surface area contributed by atoms with Crippen LogP contribution < -0.4 is 0 Å². The summed E-state index contributed by atoms with van der Waals surface area (Å²) >= 11 is 3.50. The highest BCUT2D eigenvalue weighted by Gasteiger charge is 2.00. The molecule has 0 atom stereocenters. The molecule has 0 spiro atoms. The predicted molar refractivity (Wildman–Crippen MR) is 61.0 cm³/mol. The Hall–Kier alpha value is -0.850. The first-order chi connectivity index (χ1) is 6.74. The molecule has 0 N–H and O–H groups in total. The molecule has 0 fully saturated rings. The Morgan fingerprint density at radius 3 is 2.79 bits per heavy atom. The summed E-state index contributed by atoms with van der Waals surface area (Å²) in [4.78, 5) is 2.01. The highest BCUT2D eigenvalue weighted by molar-refractivity contribution is 9.10. The number of benzene rings is 1. The lowest BCUT2D eigenvalue weighted by molar-refractivity contribution is 0.379. The summed E-state index contributed by atoms with van der Waals surface area (Å²) in [6.45, 7) is 1.40. The third-order valence-corrected chi connectivity index (χ3v) is 2.83. The van der Waals surface area contributed by atoms with Crippen molar-refractivity contribution in [3.63, 3.8) is 0 Å². The van der Waals surface area contributed by atoms with Gasteiger partial charge in [0.05, 0.1) is 12.6 Å². The van der Waals surface area contributed by atoms with Gasteiger partial charge in [-0.3, -0.25) is 4.90 Å². The van der Waals surface area contributed by atoms with Gasteiger partial charge in [-0.1, -0.05) is 34.1 Å². The van der Waals surface area contributed by atoms with E-state index < -0.39 is 0 Å². The summed E-state index contributed by atoms with van der Waals surface area (Å²) in [5.41, 5.74) is 1.29. The summed E-state index contributed by atoms with van der Waals surface area (Å²) < 4.78 is 1.14. The summed E-state index contributed by atoms with van der Waals surface area (Å²) in [6.07, 6.45) is 0.972. The van der Waals surface area contributed by atoms with Crippen LogP contribution in [0, 0.1) is 11.3 Å². The van der Waals surface area contributed by atoms with E-state index in [-0.39, 0.29) is 0 Å². The first kappa shape index (κ1) is 11.2. The van der Waals surface area contributed by atoms with E-state index in [9.17, 15) is 0 Å². The molecule has 14 heavy (non-hydrogen) atoms. The molecule has 1 aromatic carbocycles. The number of nitriles is 1. The molecular formula is C11H13BrN2. The SMILES string of the molecule is CN(CC#N)CCc1ccccc1Br. The van der Waals surface area contributed by atoms with E-state index in [1.807, 2.05) is 30.1 Å². The number of hydrogen-bond acceptors (Lipinski definition) is 2. The van der Waals surface area contributed by atoms with Gasteiger partial charge in [0.2, 0.25) is 0 Å². The van der Waals surface area contributed by atoms with Crippen molar-refractivity contribution in [1.29, 1.82) is 5.26 Å². The van der Waals surface area contributed by atoms with Crippen molar-refractivity contribution in [3.05, 3.63) is 34.3 Å². The second kappa shape index (κ2) is 5.79. The standard InChI is InChI=1S/C11H13BrN2/c1-14(9-7-13)8-6-10-4-2-3-5-11(10)12/h2-5H,6,8-9H2,1H3. The molecule has 0 unspecified atom stereocenters. The Balaban J connectivity index is 2.46. The van der Waals surface area contributed by atoms with Crippen LogP contribution in [0.5, 0.6) is 0 Å². The van der Waals surface area contributed by atoms with Crippen LogP contribution in [0.2, 0.25) is 0 Å². The van der Waals surface area contributed by atoms with Crippen LogP contribution in [0.15, 0.2) is 28.7 Å². The van der Waals surface area contributed by atoms with Gasteiger partial charge in [-0.05, 0) is 25.1 Å². The molecule has 1 rings (SSSR count). The van der Waals surface area contributed by atoms with Gasteiger partial charge in [0, 0.05) is 11.0 Å². The lowest BCUT2D eigenvalue weighted by Gasteiger charge is -2.12. The maximum atomic E-state index is 8.49. The second-order valence-corrected chi connectivity index (χ2v) is 4.09. The normalized spacial score (nSPS) is 10.1. The lowest BCUT2D eigenvalue weighted by atomic mass is 10.1. The maximum Gasteiger partial charge on any atom is 0.0863 e. The van der Waals surface area contributed by atoms with E-state index in [1.165, 1.54) is 5.56 Å². The zero-order valence-electron chi connectivity index (χ0n) is 8.20. The third-order valence-electron chi connectivity index (χ3n) is 2.06. The van der Waals surface area contributed by atoms with E-state index in [4.69, 9.17) is 5.26 Å². The smallest absolute Gasteiger partial charge is 0.0863 e. The summed E-state index contributed by atoms with van der Waals surface area (Å²) in [5.74, 6) is 0. The quantitative estimate of drug-likeness (QED) is 0.770. The summed E-state index contributed by atoms with van der Waals surface area (Å²) in [7, 11) is 1.96. The van der Waals surface area contributed by atoms with E-state index in [0.29, 0.717) is 6.54 Å².